The van der Waals surface area contributed by atoms with Gasteiger partial charge in [0.25, 0.3) is 10.0 Å². The second-order valence-electron chi connectivity index (χ2n) is 22.0. The molecule has 4 nitrogen and oxygen atoms in total. The number of aryl methyl sites for hydroxylation is 6. The predicted octanol–water partition coefficient (Wildman–Crippen LogP) is 20.4. The number of nitrogens with zero attached hydrogens (tertiary/aromatic N) is 4. The summed E-state index contributed by atoms with van der Waals surface area (Å²) >= 11 is 7.27. The van der Waals surface area contributed by atoms with Gasteiger partial charge in [0.15, 0.2) is 0 Å². The molecule has 78 heavy (non-hydrogen) atoms. The Morgan fingerprint density at radius 3 is 0.872 bits per heavy atom. The number of rotatable bonds is 8. The van der Waals surface area contributed by atoms with Gasteiger partial charge in [0, 0.05) is 23.3 Å². The van der Waals surface area contributed by atoms with E-state index in [1.807, 2.05) is 22.7 Å². The van der Waals surface area contributed by atoms with Crippen molar-refractivity contribution in [2.45, 2.75) is 107 Å². The number of hydrogen-bond donors (Lipinski definition) is 0. The van der Waals surface area contributed by atoms with E-state index in [9.17, 15) is 0 Å². The molecule has 4 aromatic heterocycles. The van der Waals surface area contributed by atoms with Crippen LogP contribution in [0.15, 0.2) is 170 Å². The minimum absolute atomic E-state index is 0.576. The summed E-state index contributed by atoms with van der Waals surface area (Å²) in [5.74, 6) is 2.32. The van der Waals surface area contributed by atoms with Crippen molar-refractivity contribution in [3.05, 3.63) is 214 Å². The zero-order chi connectivity index (χ0) is 55.4. The molecule has 4 heterocycles. The summed E-state index contributed by atoms with van der Waals surface area (Å²) < 4.78 is 9.84. The van der Waals surface area contributed by atoms with Gasteiger partial charge in [-0.15, -0.1) is 22.7 Å². The number of benzene rings is 8. The normalized spacial score (nSPS) is 11.4. The summed E-state index contributed by atoms with van der Waals surface area (Å²) in [6.07, 6.45) is 0. The highest BCUT2D eigenvalue weighted by molar-refractivity contribution is 7.22. The fraction of sp³-hybridized carbons (Fsp3) is 0.257. The van der Waals surface area contributed by atoms with Gasteiger partial charge in [-0.2, -0.15) is 9.13 Å². The molecule has 0 bridgehead atoms. The summed E-state index contributed by atoms with van der Waals surface area (Å²) in [5, 5.41) is 4.86. The molecule has 0 saturated carbocycles. The van der Waals surface area contributed by atoms with E-state index < -0.39 is 0 Å². The molecule has 0 N–H and O–H groups in total. The van der Waals surface area contributed by atoms with Crippen LogP contribution in [-0.4, -0.2) is 9.97 Å². The predicted molar refractivity (Wildman–Crippen MR) is 342 cm³/mol. The monoisotopic (exact) mass is 1100 g/mol. The Morgan fingerprint density at radius 2 is 0.577 bits per heavy atom. The van der Waals surface area contributed by atoms with E-state index in [1.54, 1.807) is 22.7 Å². The van der Waals surface area contributed by atoms with Crippen molar-refractivity contribution >= 4 is 86.2 Å². The molecular formula is C70H74N4S4+2. The zero-order valence-corrected chi connectivity index (χ0v) is 51.2. The lowest BCUT2D eigenvalue weighted by molar-refractivity contribution is -0.629. The average Bonchev–Trinajstić information content (AvgIpc) is 4.30. The largest absolute Gasteiger partial charge is 0.269 e. The molecule has 0 aliphatic rings. The first-order chi connectivity index (χ1) is 37.4. The van der Waals surface area contributed by atoms with Crippen LogP contribution >= 0.6 is 45.3 Å². The summed E-state index contributed by atoms with van der Waals surface area (Å²) in [7, 11) is 4.31. The lowest BCUT2D eigenvalue weighted by atomic mass is 10.0. The van der Waals surface area contributed by atoms with Gasteiger partial charge in [-0.05, 0) is 157 Å². The van der Waals surface area contributed by atoms with Crippen molar-refractivity contribution in [1.29, 1.82) is 0 Å². The summed E-state index contributed by atoms with van der Waals surface area (Å²) in [5.41, 5.74) is 20.6. The van der Waals surface area contributed by atoms with Crippen LogP contribution in [0.4, 0.5) is 0 Å². The van der Waals surface area contributed by atoms with E-state index in [1.165, 1.54) is 107 Å². The number of fused-ring (bicyclic) bond motifs is 4. The van der Waals surface area contributed by atoms with Gasteiger partial charge in [0.2, 0.25) is 11.0 Å². The first kappa shape index (κ1) is 56.1. The lowest BCUT2D eigenvalue weighted by Gasteiger charge is -2.05. The van der Waals surface area contributed by atoms with Crippen LogP contribution in [0.1, 0.15) is 124 Å². The second-order valence-corrected chi connectivity index (χ2v) is 26.1. The van der Waals surface area contributed by atoms with Crippen LogP contribution in [0.3, 0.4) is 0 Å². The van der Waals surface area contributed by atoms with E-state index in [-0.39, 0.29) is 0 Å². The maximum Gasteiger partial charge on any atom is 0.269 e. The molecule has 0 amide bonds. The average molecular weight is 1100 g/mol. The topological polar surface area (TPSA) is 33.5 Å². The molecular weight excluding hydrogens is 1030 g/mol. The van der Waals surface area contributed by atoms with Gasteiger partial charge >= 0.3 is 0 Å². The lowest BCUT2D eigenvalue weighted by Crippen LogP contribution is -2.28. The maximum absolute atomic E-state index is 4.72. The summed E-state index contributed by atoms with van der Waals surface area (Å²) in [6, 6.07) is 61.7. The molecule has 0 aliphatic heterocycles. The summed E-state index contributed by atoms with van der Waals surface area (Å²) in [4.78, 5) is 9.43. The van der Waals surface area contributed by atoms with Crippen LogP contribution in [0.5, 0.6) is 0 Å². The van der Waals surface area contributed by atoms with Crippen molar-refractivity contribution in [2.75, 3.05) is 0 Å². The minimum atomic E-state index is 0.576. The molecule has 0 unspecified atom stereocenters. The van der Waals surface area contributed by atoms with Crippen LogP contribution in [0.2, 0.25) is 0 Å². The number of thiazole rings is 4. The number of aromatic nitrogens is 4. The van der Waals surface area contributed by atoms with Crippen LogP contribution in [0.25, 0.3) is 83.2 Å². The Labute approximate surface area is 479 Å². The molecule has 12 rings (SSSR count). The van der Waals surface area contributed by atoms with Crippen molar-refractivity contribution < 1.29 is 9.13 Å². The Hall–Kier alpha value is -6.68. The Kier molecular flexibility index (Phi) is 17.6. The van der Waals surface area contributed by atoms with Crippen molar-refractivity contribution in [2.24, 2.45) is 14.1 Å². The first-order valence-electron chi connectivity index (χ1n) is 27.3. The van der Waals surface area contributed by atoms with Gasteiger partial charge in [-0.1, -0.05) is 175 Å². The zero-order valence-electron chi connectivity index (χ0n) is 47.9. The minimum Gasteiger partial charge on any atom is -0.236 e. The molecule has 12 aromatic rings. The van der Waals surface area contributed by atoms with Gasteiger partial charge in [-0.3, -0.25) is 0 Å². The molecule has 396 valence electrons. The van der Waals surface area contributed by atoms with E-state index in [4.69, 9.17) is 9.97 Å². The molecule has 8 heteroatoms. The Balaban J connectivity index is 0.000000126. The first-order valence-corrected chi connectivity index (χ1v) is 30.6. The SMILES string of the molecule is Cc1ccc2c(c1)sc(-c1ccc(C(C)C)cc1)[n+]2C.Cc1ccc2c(c1)sc(-c1ccc(C(C)C)cc1)[n+]2C.Cc1ccc2nc(-c3ccc(C(C)C)cc3)sc2c1.Cc1ccc2nc(-c3ccc(C(C)C)cc3)sc2c1. The second kappa shape index (κ2) is 24.6. The molecule has 0 saturated heterocycles. The molecule has 0 spiro atoms. The Morgan fingerprint density at radius 1 is 0.308 bits per heavy atom. The quantitative estimate of drug-likeness (QED) is 0.142. The van der Waals surface area contributed by atoms with E-state index in [0.717, 1.165) is 21.0 Å². The highest BCUT2D eigenvalue weighted by atomic mass is 32.1. The molecule has 0 radical (unpaired) electrons. The molecule has 0 fully saturated rings. The van der Waals surface area contributed by atoms with E-state index in [0.29, 0.717) is 23.7 Å². The maximum atomic E-state index is 4.72. The van der Waals surface area contributed by atoms with Crippen LogP contribution in [0, 0.1) is 27.7 Å². The Bertz CT molecular complexity index is 3700. The smallest absolute Gasteiger partial charge is 0.236 e. The van der Waals surface area contributed by atoms with Gasteiger partial charge in [0.05, 0.1) is 31.6 Å². The fourth-order valence-electron chi connectivity index (χ4n) is 9.38. The van der Waals surface area contributed by atoms with Crippen LogP contribution in [-0.2, 0) is 14.1 Å². The van der Waals surface area contributed by atoms with Crippen molar-refractivity contribution in [3.63, 3.8) is 0 Å². The standard InChI is InChI=1S/2C18H20NS.2C17H17NS/c2*1-12(2)14-6-8-15(9-7-14)18-19(4)16-10-5-13(3)11-17(16)20-18;2*1-11(2)13-5-7-14(8-6-13)17-18-15-9-4-12(3)10-16(15)19-17/h2*5-12H,1-4H3;2*4-11H,1-3H3/q2*+1;;. The van der Waals surface area contributed by atoms with Crippen molar-refractivity contribution in [3.8, 4) is 42.3 Å². The number of hydrogen-bond acceptors (Lipinski definition) is 6. The molecule has 0 atom stereocenters. The van der Waals surface area contributed by atoms with E-state index >= 15 is 0 Å². The van der Waals surface area contributed by atoms with Gasteiger partial charge < -0.3 is 0 Å². The third-order valence-corrected chi connectivity index (χ3v) is 19.0. The molecule has 0 aliphatic carbocycles. The summed E-state index contributed by atoms with van der Waals surface area (Å²) in [6.45, 7) is 26.3. The van der Waals surface area contributed by atoms with Gasteiger partial charge in [0.1, 0.15) is 33.5 Å². The highest BCUT2D eigenvalue weighted by Crippen LogP contribution is 2.35. The van der Waals surface area contributed by atoms with Crippen molar-refractivity contribution in [1.82, 2.24) is 9.97 Å². The van der Waals surface area contributed by atoms with E-state index in [2.05, 4.69) is 276 Å². The van der Waals surface area contributed by atoms with Crippen LogP contribution < -0.4 is 9.13 Å². The third kappa shape index (κ3) is 13.1. The fourth-order valence-corrected chi connectivity index (χ4v) is 14.0. The third-order valence-electron chi connectivity index (χ3n) is 14.4. The van der Waals surface area contributed by atoms with Gasteiger partial charge in [-0.25, -0.2) is 9.97 Å². The highest BCUT2D eigenvalue weighted by Gasteiger charge is 2.20. The molecule has 8 aromatic carbocycles.